The second kappa shape index (κ2) is 4.26. The first kappa shape index (κ1) is 10.0. The summed E-state index contributed by atoms with van der Waals surface area (Å²) in [4.78, 5) is 9.25. The molecule has 72 valence electrons. The molecule has 3 unspecified atom stereocenters. The van der Waals surface area contributed by atoms with Crippen LogP contribution >= 0.6 is 0 Å². The molecule has 2 heteroatoms. The first-order valence-electron chi connectivity index (χ1n) is 4.67. The van der Waals surface area contributed by atoms with Crippen LogP contribution in [0.25, 0.3) is 0 Å². The number of hydrogen-bond donors (Lipinski definition) is 1. The summed E-state index contributed by atoms with van der Waals surface area (Å²) in [6, 6.07) is 0. The fraction of sp³-hybridized carbons (Fsp3) is 0.545. The van der Waals surface area contributed by atoms with Crippen molar-refractivity contribution in [3.8, 4) is 0 Å². The van der Waals surface area contributed by atoms with Crippen molar-refractivity contribution < 1.29 is 9.90 Å². The van der Waals surface area contributed by atoms with Gasteiger partial charge in [-0.25, -0.2) is 4.79 Å². The second-order valence-electron chi connectivity index (χ2n) is 3.80. The number of fused-ring (bicyclic) bond motifs is 2. The highest BCUT2D eigenvalue weighted by atomic mass is 16.4. The molecule has 2 rings (SSSR count). The summed E-state index contributed by atoms with van der Waals surface area (Å²) in [6.07, 6.45) is 8.55. The van der Waals surface area contributed by atoms with Crippen LogP contribution in [0.15, 0.2) is 24.8 Å². The molecule has 0 aliphatic heterocycles. The van der Waals surface area contributed by atoms with Crippen LogP contribution in [0.3, 0.4) is 0 Å². The molecule has 0 aromatic carbocycles. The Labute approximate surface area is 79.0 Å². The number of hydrogen-bond acceptors (Lipinski definition) is 1. The minimum atomic E-state index is -0.981. The molecule has 1 N–H and O–H groups in total. The van der Waals surface area contributed by atoms with Crippen LogP contribution < -0.4 is 0 Å². The maximum atomic E-state index is 9.25. The molecule has 0 aromatic rings. The monoisotopic (exact) mass is 180 g/mol. The first-order valence-corrected chi connectivity index (χ1v) is 4.67. The van der Waals surface area contributed by atoms with Gasteiger partial charge in [-0.3, -0.25) is 0 Å². The van der Waals surface area contributed by atoms with Gasteiger partial charge in [0.05, 0.1) is 0 Å². The van der Waals surface area contributed by atoms with E-state index in [4.69, 9.17) is 5.11 Å². The average molecular weight is 180 g/mol. The van der Waals surface area contributed by atoms with Gasteiger partial charge >= 0.3 is 5.97 Å². The van der Waals surface area contributed by atoms with Gasteiger partial charge in [0.2, 0.25) is 0 Å². The zero-order valence-electron chi connectivity index (χ0n) is 7.94. The summed E-state index contributed by atoms with van der Waals surface area (Å²) in [5, 5.41) is 7.60. The van der Waals surface area contributed by atoms with Crippen molar-refractivity contribution in [3.05, 3.63) is 24.8 Å². The number of rotatable bonds is 1. The zero-order valence-corrected chi connectivity index (χ0v) is 7.94. The second-order valence-corrected chi connectivity index (χ2v) is 3.80. The SMILES string of the molecule is C=CC(=O)O.CC1CC2C=CC1C2. The fourth-order valence-corrected chi connectivity index (χ4v) is 2.06. The van der Waals surface area contributed by atoms with Crippen LogP contribution in [0, 0.1) is 17.8 Å². The van der Waals surface area contributed by atoms with Gasteiger partial charge in [-0.2, -0.15) is 0 Å². The standard InChI is InChI=1S/C8H12.C3H4O2/c1-6-4-7-2-3-8(6)5-7;1-2-3(4)5/h2-3,6-8H,4-5H2,1H3;2H,1H2,(H,4,5). The smallest absolute Gasteiger partial charge is 0.327 e. The lowest BCUT2D eigenvalue weighted by atomic mass is 9.96. The summed E-state index contributed by atoms with van der Waals surface area (Å²) in [7, 11) is 0. The van der Waals surface area contributed by atoms with E-state index in [0.717, 1.165) is 23.8 Å². The predicted molar refractivity (Wildman–Crippen MR) is 52.4 cm³/mol. The van der Waals surface area contributed by atoms with E-state index in [1.165, 1.54) is 12.8 Å². The molecule has 0 spiro atoms. The lowest BCUT2D eigenvalue weighted by molar-refractivity contribution is -0.131. The fourth-order valence-electron chi connectivity index (χ4n) is 2.06. The highest BCUT2D eigenvalue weighted by Gasteiger charge is 2.32. The molecule has 1 saturated carbocycles. The predicted octanol–water partition coefficient (Wildman–Crippen LogP) is 2.48. The van der Waals surface area contributed by atoms with E-state index in [1.807, 2.05) is 0 Å². The normalized spacial score (nSPS) is 33.8. The summed E-state index contributed by atoms with van der Waals surface area (Å²) in [5.74, 6) is 1.94. The third-order valence-corrected chi connectivity index (χ3v) is 2.79. The zero-order chi connectivity index (χ0) is 9.84. The van der Waals surface area contributed by atoms with Gasteiger partial charge in [0.1, 0.15) is 0 Å². The molecular formula is C11H16O2. The van der Waals surface area contributed by atoms with Gasteiger partial charge < -0.3 is 5.11 Å². The summed E-state index contributed by atoms with van der Waals surface area (Å²) < 4.78 is 0. The van der Waals surface area contributed by atoms with Crippen LogP contribution in [-0.2, 0) is 4.79 Å². The van der Waals surface area contributed by atoms with Crippen molar-refractivity contribution in [3.63, 3.8) is 0 Å². The van der Waals surface area contributed by atoms with Gasteiger partial charge in [-0.05, 0) is 30.6 Å². The lowest BCUT2D eigenvalue weighted by Crippen LogP contribution is -1.99. The maximum absolute atomic E-state index is 9.25. The Hall–Kier alpha value is -1.05. The van der Waals surface area contributed by atoms with E-state index < -0.39 is 5.97 Å². The van der Waals surface area contributed by atoms with E-state index in [-0.39, 0.29) is 0 Å². The highest BCUT2D eigenvalue weighted by Crippen LogP contribution is 2.42. The van der Waals surface area contributed by atoms with Crippen molar-refractivity contribution in [1.82, 2.24) is 0 Å². The topological polar surface area (TPSA) is 37.3 Å². The minimum absolute atomic E-state index is 0.833. The Bertz CT molecular complexity index is 230. The van der Waals surface area contributed by atoms with Gasteiger partial charge in [-0.1, -0.05) is 25.7 Å². The lowest BCUT2D eigenvalue weighted by Gasteiger charge is -2.09. The molecule has 2 aliphatic rings. The van der Waals surface area contributed by atoms with Gasteiger partial charge in [0, 0.05) is 6.08 Å². The average Bonchev–Trinajstić information content (AvgIpc) is 2.65. The van der Waals surface area contributed by atoms with E-state index in [9.17, 15) is 4.79 Å². The molecular weight excluding hydrogens is 164 g/mol. The van der Waals surface area contributed by atoms with Crippen LogP contribution in [0.2, 0.25) is 0 Å². The molecule has 0 amide bonds. The largest absolute Gasteiger partial charge is 0.478 e. The minimum Gasteiger partial charge on any atom is -0.478 e. The van der Waals surface area contributed by atoms with E-state index in [0.29, 0.717) is 0 Å². The van der Waals surface area contributed by atoms with Crippen molar-refractivity contribution in [2.24, 2.45) is 17.8 Å². The quantitative estimate of drug-likeness (QED) is 0.497. The van der Waals surface area contributed by atoms with Gasteiger partial charge in [0.15, 0.2) is 0 Å². The Morgan fingerprint density at radius 2 is 2.15 bits per heavy atom. The van der Waals surface area contributed by atoms with Crippen LogP contribution in [0.4, 0.5) is 0 Å². The summed E-state index contributed by atoms with van der Waals surface area (Å²) in [5.41, 5.74) is 0. The molecule has 0 aromatic heterocycles. The van der Waals surface area contributed by atoms with E-state index >= 15 is 0 Å². The molecule has 2 nitrogen and oxygen atoms in total. The van der Waals surface area contributed by atoms with Gasteiger partial charge in [0.25, 0.3) is 0 Å². The number of carbonyl (C=O) groups is 1. The van der Waals surface area contributed by atoms with E-state index in [2.05, 4.69) is 25.7 Å². The van der Waals surface area contributed by atoms with Gasteiger partial charge in [-0.15, -0.1) is 0 Å². The summed E-state index contributed by atoms with van der Waals surface area (Å²) >= 11 is 0. The Morgan fingerprint density at radius 1 is 1.54 bits per heavy atom. The van der Waals surface area contributed by atoms with Crippen molar-refractivity contribution in [1.29, 1.82) is 0 Å². The van der Waals surface area contributed by atoms with Crippen molar-refractivity contribution in [2.75, 3.05) is 0 Å². The molecule has 3 atom stereocenters. The Kier molecular flexibility index (Phi) is 3.29. The number of aliphatic carboxylic acids is 1. The maximum Gasteiger partial charge on any atom is 0.327 e. The van der Waals surface area contributed by atoms with Crippen molar-refractivity contribution in [2.45, 2.75) is 19.8 Å². The van der Waals surface area contributed by atoms with Crippen LogP contribution in [0.5, 0.6) is 0 Å². The van der Waals surface area contributed by atoms with Crippen LogP contribution in [-0.4, -0.2) is 11.1 Å². The number of carboxylic acids is 1. The number of carboxylic acid groups (broad SMARTS) is 1. The molecule has 0 saturated heterocycles. The Balaban J connectivity index is 0.000000149. The third kappa shape index (κ3) is 2.72. The molecule has 0 radical (unpaired) electrons. The molecule has 1 fully saturated rings. The number of allylic oxidation sites excluding steroid dienone is 2. The first-order chi connectivity index (χ1) is 6.13. The molecule has 0 heterocycles. The van der Waals surface area contributed by atoms with Crippen molar-refractivity contribution >= 4 is 5.97 Å². The molecule has 2 bridgehead atoms. The Morgan fingerprint density at radius 3 is 2.31 bits per heavy atom. The summed E-state index contributed by atoms with van der Waals surface area (Å²) in [6.45, 7) is 5.33. The van der Waals surface area contributed by atoms with Crippen LogP contribution in [0.1, 0.15) is 19.8 Å². The molecule has 2 aliphatic carbocycles. The molecule has 13 heavy (non-hydrogen) atoms. The highest BCUT2D eigenvalue weighted by molar-refractivity contribution is 5.78. The van der Waals surface area contributed by atoms with E-state index in [1.54, 1.807) is 0 Å². The third-order valence-electron chi connectivity index (χ3n) is 2.79.